The minimum Gasteiger partial charge on any atom is -0.306 e. The van der Waals surface area contributed by atoms with E-state index in [0.29, 0.717) is 6.10 Å². The fourth-order valence-corrected chi connectivity index (χ4v) is 2.34. The second-order valence-corrected chi connectivity index (χ2v) is 5.00. The quantitative estimate of drug-likeness (QED) is 0.731. The number of hydrogen-bond acceptors (Lipinski definition) is 3. The van der Waals surface area contributed by atoms with Gasteiger partial charge < -0.3 is 9.08 Å². The average molecular weight is 223 g/mol. The summed E-state index contributed by atoms with van der Waals surface area (Å²) in [6.07, 6.45) is 1.54. The lowest BCUT2D eigenvalue weighted by molar-refractivity contribution is 0.246. The molecule has 0 bridgehead atoms. The van der Waals surface area contributed by atoms with Gasteiger partial charge in [-0.3, -0.25) is 0 Å². The molecule has 1 aromatic rings. The van der Waals surface area contributed by atoms with Crippen molar-refractivity contribution in [3.05, 3.63) is 29.8 Å². The van der Waals surface area contributed by atoms with Crippen molar-refractivity contribution >= 4 is 12.0 Å². The average Bonchev–Trinajstić information content (AvgIpc) is 2.64. The molecular weight excluding hydrogens is 206 g/mol. The summed E-state index contributed by atoms with van der Waals surface area (Å²) in [5, 5.41) is 0. The zero-order valence-electron chi connectivity index (χ0n) is 9.27. The van der Waals surface area contributed by atoms with Crippen molar-refractivity contribution in [2.45, 2.75) is 24.3 Å². The van der Waals surface area contributed by atoms with E-state index in [-0.39, 0.29) is 0 Å². The molecule has 1 fully saturated rings. The first-order valence-electron chi connectivity index (χ1n) is 5.32. The predicted molar refractivity (Wildman–Crippen MR) is 64.0 cm³/mol. The van der Waals surface area contributed by atoms with Gasteiger partial charge in [-0.25, -0.2) is 0 Å². The number of benzene rings is 1. The molecule has 0 saturated carbocycles. The third kappa shape index (κ3) is 3.23. The van der Waals surface area contributed by atoms with Crippen LogP contribution in [-0.4, -0.2) is 31.1 Å². The number of rotatable bonds is 3. The van der Waals surface area contributed by atoms with E-state index in [2.05, 4.69) is 43.1 Å². The van der Waals surface area contributed by atoms with Crippen molar-refractivity contribution in [3.63, 3.8) is 0 Å². The zero-order valence-corrected chi connectivity index (χ0v) is 10.1. The molecule has 1 aromatic carbocycles. The van der Waals surface area contributed by atoms with Crippen LogP contribution in [0, 0.1) is 6.92 Å². The van der Waals surface area contributed by atoms with E-state index >= 15 is 0 Å². The van der Waals surface area contributed by atoms with Crippen LogP contribution in [0.4, 0.5) is 0 Å². The second kappa shape index (κ2) is 5.01. The normalized spacial score (nSPS) is 22.1. The van der Waals surface area contributed by atoms with Gasteiger partial charge in [-0.15, -0.1) is 0 Å². The molecule has 0 N–H and O–H groups in total. The molecule has 1 atom stereocenters. The van der Waals surface area contributed by atoms with Crippen LogP contribution in [0.3, 0.4) is 0 Å². The molecule has 1 aliphatic rings. The fraction of sp³-hybridized carbons (Fsp3) is 0.500. The van der Waals surface area contributed by atoms with Crippen LogP contribution < -0.4 is 0 Å². The highest BCUT2D eigenvalue weighted by Gasteiger charge is 2.20. The van der Waals surface area contributed by atoms with Crippen LogP contribution in [0.25, 0.3) is 0 Å². The van der Waals surface area contributed by atoms with Crippen molar-refractivity contribution in [2.75, 3.05) is 20.1 Å². The lowest BCUT2D eigenvalue weighted by Gasteiger charge is -2.10. The fourth-order valence-electron chi connectivity index (χ4n) is 1.69. The molecule has 2 nitrogen and oxygen atoms in total. The molecule has 3 heteroatoms. The van der Waals surface area contributed by atoms with E-state index in [1.807, 2.05) is 0 Å². The third-order valence-corrected chi connectivity index (χ3v) is 3.48. The minimum absolute atomic E-state index is 0.390. The standard InChI is InChI=1S/C12H17NOS/c1-10-3-5-12(6-4-10)15-14-11-7-8-13(2)9-11/h3-6,11H,7-9H2,1-2H3. The van der Waals surface area contributed by atoms with E-state index in [0.717, 1.165) is 19.5 Å². The highest BCUT2D eigenvalue weighted by molar-refractivity contribution is 7.94. The van der Waals surface area contributed by atoms with Crippen molar-refractivity contribution < 1.29 is 4.18 Å². The van der Waals surface area contributed by atoms with Gasteiger partial charge in [0, 0.05) is 30.0 Å². The zero-order chi connectivity index (χ0) is 10.7. The highest BCUT2D eigenvalue weighted by atomic mass is 32.2. The molecule has 1 unspecified atom stereocenters. The Morgan fingerprint density at radius 2 is 2.07 bits per heavy atom. The first kappa shape index (κ1) is 11.0. The van der Waals surface area contributed by atoms with E-state index in [4.69, 9.17) is 4.18 Å². The maximum atomic E-state index is 5.77. The van der Waals surface area contributed by atoms with Crippen LogP contribution in [0.1, 0.15) is 12.0 Å². The van der Waals surface area contributed by atoms with Gasteiger partial charge in [0.15, 0.2) is 0 Å². The highest BCUT2D eigenvalue weighted by Crippen LogP contribution is 2.24. The predicted octanol–water partition coefficient (Wildman–Crippen LogP) is 2.72. The monoisotopic (exact) mass is 223 g/mol. The molecule has 0 aliphatic carbocycles. The first-order valence-corrected chi connectivity index (χ1v) is 6.07. The Bertz CT molecular complexity index is 312. The molecule has 82 valence electrons. The number of likely N-dealkylation sites (tertiary alicyclic amines) is 1. The van der Waals surface area contributed by atoms with Crippen LogP contribution >= 0.6 is 12.0 Å². The van der Waals surface area contributed by atoms with Gasteiger partial charge in [0.05, 0.1) is 6.10 Å². The molecule has 1 aliphatic heterocycles. The summed E-state index contributed by atoms with van der Waals surface area (Å²) in [5.41, 5.74) is 1.29. The summed E-state index contributed by atoms with van der Waals surface area (Å²) >= 11 is 1.50. The molecule has 0 radical (unpaired) electrons. The molecule has 2 rings (SSSR count). The molecule has 1 heterocycles. The lowest BCUT2D eigenvalue weighted by atomic mass is 10.2. The van der Waals surface area contributed by atoms with Crippen LogP contribution in [0.2, 0.25) is 0 Å². The van der Waals surface area contributed by atoms with Crippen molar-refractivity contribution in [2.24, 2.45) is 0 Å². The Morgan fingerprint density at radius 3 is 2.67 bits per heavy atom. The summed E-state index contributed by atoms with van der Waals surface area (Å²) in [4.78, 5) is 3.50. The van der Waals surface area contributed by atoms with E-state index in [1.54, 1.807) is 0 Å². The lowest BCUT2D eigenvalue weighted by Crippen LogP contribution is -2.17. The molecule has 0 amide bonds. The van der Waals surface area contributed by atoms with Crippen LogP contribution in [-0.2, 0) is 4.18 Å². The summed E-state index contributed by atoms with van der Waals surface area (Å²) in [5.74, 6) is 0. The third-order valence-electron chi connectivity index (χ3n) is 2.65. The summed E-state index contributed by atoms with van der Waals surface area (Å²) in [6, 6.07) is 8.45. The Labute approximate surface area is 95.8 Å². The molecular formula is C12H17NOS. The largest absolute Gasteiger partial charge is 0.306 e. The number of likely N-dealkylation sites (N-methyl/N-ethyl adjacent to an activating group) is 1. The van der Waals surface area contributed by atoms with E-state index < -0.39 is 0 Å². The molecule has 1 saturated heterocycles. The molecule has 0 spiro atoms. The number of nitrogens with zero attached hydrogens (tertiary/aromatic N) is 1. The Kier molecular flexibility index (Phi) is 3.67. The Morgan fingerprint density at radius 1 is 1.33 bits per heavy atom. The van der Waals surface area contributed by atoms with Gasteiger partial charge in [-0.2, -0.15) is 0 Å². The van der Waals surface area contributed by atoms with E-state index in [9.17, 15) is 0 Å². The molecule has 15 heavy (non-hydrogen) atoms. The van der Waals surface area contributed by atoms with Gasteiger partial charge in [0.1, 0.15) is 0 Å². The van der Waals surface area contributed by atoms with Crippen molar-refractivity contribution in [1.82, 2.24) is 4.90 Å². The van der Waals surface area contributed by atoms with Crippen LogP contribution in [0.15, 0.2) is 29.2 Å². The summed E-state index contributed by atoms with van der Waals surface area (Å²) < 4.78 is 5.77. The summed E-state index contributed by atoms with van der Waals surface area (Å²) in [7, 11) is 2.14. The van der Waals surface area contributed by atoms with E-state index in [1.165, 1.54) is 22.5 Å². The maximum Gasteiger partial charge on any atom is 0.0865 e. The Balaban J connectivity index is 1.80. The second-order valence-electron chi connectivity index (χ2n) is 4.17. The van der Waals surface area contributed by atoms with Gasteiger partial charge in [-0.1, -0.05) is 17.7 Å². The van der Waals surface area contributed by atoms with Gasteiger partial charge in [-0.05, 0) is 32.5 Å². The minimum atomic E-state index is 0.390. The molecule has 0 aromatic heterocycles. The first-order chi connectivity index (χ1) is 7.24. The number of hydrogen-bond donors (Lipinski definition) is 0. The maximum absolute atomic E-state index is 5.77. The van der Waals surface area contributed by atoms with Gasteiger partial charge in [0.2, 0.25) is 0 Å². The van der Waals surface area contributed by atoms with Gasteiger partial charge in [0.25, 0.3) is 0 Å². The number of aryl methyl sites for hydroxylation is 1. The Hall–Kier alpha value is -0.510. The topological polar surface area (TPSA) is 12.5 Å². The smallest absolute Gasteiger partial charge is 0.0865 e. The summed E-state index contributed by atoms with van der Waals surface area (Å²) in [6.45, 7) is 4.30. The van der Waals surface area contributed by atoms with Crippen LogP contribution in [0.5, 0.6) is 0 Å². The van der Waals surface area contributed by atoms with Crippen molar-refractivity contribution in [3.8, 4) is 0 Å². The van der Waals surface area contributed by atoms with Crippen molar-refractivity contribution in [1.29, 1.82) is 0 Å². The SMILES string of the molecule is Cc1ccc(SOC2CCN(C)C2)cc1. The van der Waals surface area contributed by atoms with Gasteiger partial charge >= 0.3 is 0 Å².